The van der Waals surface area contributed by atoms with E-state index in [-0.39, 0.29) is 5.41 Å². The summed E-state index contributed by atoms with van der Waals surface area (Å²) in [4.78, 5) is 0. The van der Waals surface area contributed by atoms with Crippen molar-refractivity contribution in [1.29, 1.82) is 0 Å². The lowest BCUT2D eigenvalue weighted by Crippen LogP contribution is -2.19. The Hall–Kier alpha value is -1.02. The Bertz CT molecular complexity index is 517. The van der Waals surface area contributed by atoms with Crippen molar-refractivity contribution < 1.29 is 5.11 Å². The molecule has 2 rings (SSSR count). The molecule has 0 saturated carbocycles. The fraction of sp³-hybridized carbons (Fsp3) is 0.286. The summed E-state index contributed by atoms with van der Waals surface area (Å²) in [6.45, 7) is 4.26. The van der Waals surface area contributed by atoms with E-state index in [1.807, 2.05) is 18.2 Å². The molecule has 0 atom stereocenters. The van der Waals surface area contributed by atoms with E-state index in [1.165, 1.54) is 5.39 Å². The van der Waals surface area contributed by atoms with Gasteiger partial charge in [0.15, 0.2) is 0 Å². The number of phenolic OH excluding ortho intramolecular Hbond substituents is 1. The van der Waals surface area contributed by atoms with Gasteiger partial charge in [0, 0.05) is 16.3 Å². The van der Waals surface area contributed by atoms with Crippen molar-refractivity contribution >= 4 is 26.7 Å². The fourth-order valence-corrected chi connectivity index (χ4v) is 2.32. The maximum atomic E-state index is 10.1. The van der Waals surface area contributed by atoms with Gasteiger partial charge >= 0.3 is 0 Å². The largest absolute Gasteiger partial charge is 0.508 e. The first-order valence-corrected chi connectivity index (χ1v) is 6.45. The molecule has 0 radical (unpaired) electrons. The predicted molar refractivity (Wildman–Crippen MR) is 72.4 cm³/mol. The van der Waals surface area contributed by atoms with Gasteiger partial charge in [0.25, 0.3) is 0 Å². The van der Waals surface area contributed by atoms with Gasteiger partial charge in [0.05, 0.1) is 0 Å². The molecule has 84 valence electrons. The van der Waals surface area contributed by atoms with E-state index in [0.717, 1.165) is 16.3 Å². The van der Waals surface area contributed by atoms with Crippen LogP contribution < -0.4 is 0 Å². The normalized spacial score (nSPS) is 11.9. The third kappa shape index (κ3) is 1.82. The zero-order valence-electron chi connectivity index (χ0n) is 9.50. The Kier molecular flexibility index (Phi) is 2.94. The molecule has 0 amide bonds. The van der Waals surface area contributed by atoms with Gasteiger partial charge in [-0.1, -0.05) is 60.1 Å². The highest BCUT2D eigenvalue weighted by molar-refractivity contribution is 9.09. The molecule has 0 aliphatic heterocycles. The molecular formula is C14H15BrO. The Morgan fingerprint density at radius 1 is 1.12 bits per heavy atom. The van der Waals surface area contributed by atoms with Gasteiger partial charge in [-0.05, 0) is 16.8 Å². The first-order valence-electron chi connectivity index (χ1n) is 5.33. The van der Waals surface area contributed by atoms with Gasteiger partial charge in [0.1, 0.15) is 5.75 Å². The van der Waals surface area contributed by atoms with Crippen LogP contribution in [-0.4, -0.2) is 10.4 Å². The number of fused-ring (bicyclic) bond motifs is 1. The van der Waals surface area contributed by atoms with Gasteiger partial charge in [0.2, 0.25) is 0 Å². The first-order chi connectivity index (χ1) is 7.56. The van der Waals surface area contributed by atoms with E-state index in [9.17, 15) is 5.11 Å². The molecule has 0 spiro atoms. The Balaban J connectivity index is 2.81. The predicted octanol–water partition coefficient (Wildman–Crippen LogP) is 4.22. The molecule has 16 heavy (non-hydrogen) atoms. The summed E-state index contributed by atoms with van der Waals surface area (Å²) in [5.41, 5.74) is 0.938. The lowest BCUT2D eigenvalue weighted by atomic mass is 9.83. The van der Waals surface area contributed by atoms with E-state index in [4.69, 9.17) is 0 Å². The Labute approximate surface area is 104 Å². The first kappa shape index (κ1) is 11.5. The monoisotopic (exact) mass is 278 g/mol. The number of benzene rings is 2. The quantitative estimate of drug-likeness (QED) is 0.816. The SMILES string of the molecule is CC(C)(CBr)c1c(O)ccc2ccccc12. The molecule has 1 N–H and O–H groups in total. The van der Waals surface area contributed by atoms with Crippen LogP contribution in [0, 0.1) is 0 Å². The minimum Gasteiger partial charge on any atom is -0.508 e. The summed E-state index contributed by atoms with van der Waals surface area (Å²) in [5, 5.41) is 13.2. The molecular weight excluding hydrogens is 264 g/mol. The fourth-order valence-electron chi connectivity index (χ4n) is 2.04. The van der Waals surface area contributed by atoms with E-state index in [0.29, 0.717) is 5.75 Å². The Morgan fingerprint density at radius 2 is 1.81 bits per heavy atom. The summed E-state index contributed by atoms with van der Waals surface area (Å²) >= 11 is 3.52. The minimum absolute atomic E-state index is 0.0784. The van der Waals surface area contributed by atoms with Crippen LogP contribution >= 0.6 is 15.9 Å². The summed E-state index contributed by atoms with van der Waals surface area (Å²) in [7, 11) is 0. The summed E-state index contributed by atoms with van der Waals surface area (Å²) in [5.74, 6) is 0.378. The maximum Gasteiger partial charge on any atom is 0.119 e. The number of rotatable bonds is 2. The minimum atomic E-state index is -0.0784. The molecule has 0 unspecified atom stereocenters. The van der Waals surface area contributed by atoms with Gasteiger partial charge in [-0.15, -0.1) is 0 Å². The maximum absolute atomic E-state index is 10.1. The molecule has 0 fully saturated rings. The van der Waals surface area contributed by atoms with Crippen LogP contribution in [0.4, 0.5) is 0 Å². The molecule has 0 aliphatic carbocycles. The van der Waals surface area contributed by atoms with E-state index >= 15 is 0 Å². The standard InChI is InChI=1S/C14H15BrO/c1-14(2,9-15)13-11-6-4-3-5-10(11)7-8-12(13)16/h3-8,16H,9H2,1-2H3. The van der Waals surface area contributed by atoms with Crippen molar-refractivity contribution in [3.05, 3.63) is 42.0 Å². The number of halogens is 1. The molecule has 2 aromatic carbocycles. The van der Waals surface area contributed by atoms with E-state index in [2.05, 4.69) is 41.9 Å². The molecule has 0 aliphatic rings. The van der Waals surface area contributed by atoms with Crippen LogP contribution in [-0.2, 0) is 5.41 Å². The van der Waals surface area contributed by atoms with Gasteiger partial charge < -0.3 is 5.11 Å². The summed E-state index contributed by atoms with van der Waals surface area (Å²) < 4.78 is 0. The lowest BCUT2D eigenvalue weighted by Gasteiger charge is -2.25. The number of hydrogen-bond acceptors (Lipinski definition) is 1. The van der Waals surface area contributed by atoms with Crippen molar-refractivity contribution in [2.75, 3.05) is 5.33 Å². The van der Waals surface area contributed by atoms with Crippen LogP contribution in [0.25, 0.3) is 10.8 Å². The average molecular weight is 279 g/mol. The van der Waals surface area contributed by atoms with Crippen LogP contribution in [0.5, 0.6) is 5.75 Å². The second kappa shape index (κ2) is 4.10. The number of aromatic hydroxyl groups is 1. The molecule has 2 aromatic rings. The number of alkyl halides is 1. The molecule has 1 nitrogen and oxygen atoms in total. The summed E-state index contributed by atoms with van der Waals surface area (Å²) in [6.07, 6.45) is 0. The lowest BCUT2D eigenvalue weighted by molar-refractivity contribution is 0.451. The third-order valence-electron chi connectivity index (χ3n) is 2.92. The number of phenols is 1. The van der Waals surface area contributed by atoms with Crippen LogP contribution in [0.3, 0.4) is 0 Å². The van der Waals surface area contributed by atoms with Gasteiger partial charge in [-0.2, -0.15) is 0 Å². The van der Waals surface area contributed by atoms with Crippen molar-refractivity contribution in [2.24, 2.45) is 0 Å². The van der Waals surface area contributed by atoms with E-state index in [1.54, 1.807) is 6.07 Å². The van der Waals surface area contributed by atoms with Crippen molar-refractivity contribution in [3.8, 4) is 5.75 Å². The second-order valence-corrected chi connectivity index (χ2v) is 5.26. The van der Waals surface area contributed by atoms with Crippen molar-refractivity contribution in [3.63, 3.8) is 0 Å². The van der Waals surface area contributed by atoms with Gasteiger partial charge in [-0.25, -0.2) is 0 Å². The van der Waals surface area contributed by atoms with Gasteiger partial charge in [-0.3, -0.25) is 0 Å². The van der Waals surface area contributed by atoms with Crippen LogP contribution in [0.1, 0.15) is 19.4 Å². The van der Waals surface area contributed by atoms with Crippen LogP contribution in [0.15, 0.2) is 36.4 Å². The van der Waals surface area contributed by atoms with Crippen molar-refractivity contribution in [2.45, 2.75) is 19.3 Å². The molecule has 2 heteroatoms. The molecule has 0 bridgehead atoms. The smallest absolute Gasteiger partial charge is 0.119 e. The second-order valence-electron chi connectivity index (χ2n) is 4.70. The molecule has 0 saturated heterocycles. The highest BCUT2D eigenvalue weighted by atomic mass is 79.9. The molecule has 0 aromatic heterocycles. The zero-order chi connectivity index (χ0) is 11.8. The highest BCUT2D eigenvalue weighted by Crippen LogP contribution is 2.37. The Morgan fingerprint density at radius 3 is 2.50 bits per heavy atom. The molecule has 0 heterocycles. The summed E-state index contributed by atoms with van der Waals surface area (Å²) in [6, 6.07) is 11.9. The topological polar surface area (TPSA) is 20.2 Å². The third-order valence-corrected chi connectivity index (χ3v) is 4.32. The zero-order valence-corrected chi connectivity index (χ0v) is 11.1. The average Bonchev–Trinajstić information content (AvgIpc) is 2.28. The van der Waals surface area contributed by atoms with Crippen molar-refractivity contribution in [1.82, 2.24) is 0 Å². The number of hydrogen-bond donors (Lipinski definition) is 1. The van der Waals surface area contributed by atoms with E-state index < -0.39 is 0 Å². The van der Waals surface area contributed by atoms with Crippen LogP contribution in [0.2, 0.25) is 0 Å². The highest BCUT2D eigenvalue weighted by Gasteiger charge is 2.24.